The van der Waals surface area contributed by atoms with Crippen LogP contribution >= 0.6 is 0 Å². The highest BCUT2D eigenvalue weighted by Crippen LogP contribution is 2.04. The van der Waals surface area contributed by atoms with Gasteiger partial charge in [0.15, 0.2) is 0 Å². The van der Waals surface area contributed by atoms with Gasteiger partial charge in [0.1, 0.15) is 8.96 Å². The third kappa shape index (κ3) is 6.30. The average molecular weight is 159 g/mol. The van der Waals surface area contributed by atoms with Crippen molar-refractivity contribution >= 4 is 8.96 Å². The van der Waals surface area contributed by atoms with Crippen LogP contribution in [0.25, 0.3) is 0 Å². The van der Waals surface area contributed by atoms with Gasteiger partial charge in [0.2, 0.25) is 0 Å². The Labute approximate surface area is 66.7 Å². The molecule has 0 aliphatic carbocycles. The SMILES string of the molecule is CCCCC[SiH](N)CCC. The van der Waals surface area contributed by atoms with E-state index in [0.717, 1.165) is 0 Å². The molecular weight excluding hydrogens is 138 g/mol. The van der Waals surface area contributed by atoms with Gasteiger partial charge in [-0.05, 0) is 12.1 Å². The van der Waals surface area contributed by atoms with Crippen LogP contribution in [0.3, 0.4) is 0 Å². The zero-order chi connectivity index (χ0) is 7.82. The topological polar surface area (TPSA) is 26.0 Å². The van der Waals surface area contributed by atoms with Gasteiger partial charge in [0.05, 0.1) is 0 Å². The molecule has 0 radical (unpaired) electrons. The average Bonchev–Trinajstić information content (AvgIpc) is 1.89. The summed E-state index contributed by atoms with van der Waals surface area (Å²) in [6.07, 6.45) is 5.38. The summed E-state index contributed by atoms with van der Waals surface area (Å²) in [7, 11) is -0.734. The predicted molar refractivity (Wildman–Crippen MR) is 50.8 cm³/mol. The van der Waals surface area contributed by atoms with Crippen molar-refractivity contribution in [2.45, 2.75) is 51.6 Å². The lowest BCUT2D eigenvalue weighted by Gasteiger charge is -2.05. The lowest BCUT2D eigenvalue weighted by atomic mass is 10.3. The standard InChI is InChI=1S/C8H21NSi/c1-3-5-6-8-10(9)7-4-2/h10H,3-9H2,1-2H3. The van der Waals surface area contributed by atoms with E-state index in [9.17, 15) is 0 Å². The van der Waals surface area contributed by atoms with Crippen molar-refractivity contribution in [1.29, 1.82) is 0 Å². The Morgan fingerprint density at radius 3 is 2.20 bits per heavy atom. The van der Waals surface area contributed by atoms with Crippen LogP contribution in [0.15, 0.2) is 0 Å². The van der Waals surface area contributed by atoms with Crippen LogP contribution in [0.2, 0.25) is 12.1 Å². The maximum atomic E-state index is 5.96. The third-order valence-corrected chi connectivity index (χ3v) is 4.31. The summed E-state index contributed by atoms with van der Waals surface area (Å²) >= 11 is 0. The lowest BCUT2D eigenvalue weighted by molar-refractivity contribution is 0.762. The Morgan fingerprint density at radius 2 is 1.70 bits per heavy atom. The van der Waals surface area contributed by atoms with E-state index < -0.39 is 8.96 Å². The van der Waals surface area contributed by atoms with E-state index in [2.05, 4.69) is 13.8 Å². The minimum absolute atomic E-state index is 0.734. The van der Waals surface area contributed by atoms with Gasteiger partial charge >= 0.3 is 0 Å². The molecule has 2 heteroatoms. The van der Waals surface area contributed by atoms with E-state index >= 15 is 0 Å². The highest BCUT2D eigenvalue weighted by molar-refractivity contribution is 6.55. The lowest BCUT2D eigenvalue weighted by Crippen LogP contribution is -2.24. The van der Waals surface area contributed by atoms with Gasteiger partial charge in [-0.15, -0.1) is 0 Å². The predicted octanol–water partition coefficient (Wildman–Crippen LogP) is 2.27. The molecule has 0 aromatic carbocycles. The Balaban J connectivity index is 2.97. The smallest absolute Gasteiger partial charge is 0.106 e. The molecule has 0 spiro atoms. The van der Waals surface area contributed by atoms with Crippen molar-refractivity contribution in [2.24, 2.45) is 5.40 Å². The number of unbranched alkanes of at least 4 members (excludes halogenated alkanes) is 2. The van der Waals surface area contributed by atoms with Crippen LogP contribution in [0.5, 0.6) is 0 Å². The van der Waals surface area contributed by atoms with Gasteiger partial charge in [-0.3, -0.25) is 0 Å². The third-order valence-electron chi connectivity index (χ3n) is 1.84. The molecule has 62 valence electrons. The van der Waals surface area contributed by atoms with Gasteiger partial charge in [0, 0.05) is 0 Å². The van der Waals surface area contributed by atoms with Gasteiger partial charge in [-0.1, -0.05) is 39.5 Å². The molecule has 0 saturated carbocycles. The van der Waals surface area contributed by atoms with Crippen molar-refractivity contribution in [3.63, 3.8) is 0 Å². The largest absolute Gasteiger partial charge is 0.353 e. The molecule has 0 aromatic heterocycles. The van der Waals surface area contributed by atoms with Gasteiger partial charge in [-0.25, -0.2) is 0 Å². The van der Waals surface area contributed by atoms with Crippen molar-refractivity contribution in [3.05, 3.63) is 0 Å². The molecular formula is C8H21NSi. The van der Waals surface area contributed by atoms with Crippen LogP contribution in [-0.2, 0) is 0 Å². The molecule has 2 N–H and O–H groups in total. The highest BCUT2D eigenvalue weighted by Gasteiger charge is 2.01. The number of nitrogens with two attached hydrogens (primary N) is 1. The van der Waals surface area contributed by atoms with E-state index in [0.29, 0.717) is 0 Å². The highest BCUT2D eigenvalue weighted by atomic mass is 28.3. The van der Waals surface area contributed by atoms with E-state index in [1.165, 1.54) is 37.8 Å². The van der Waals surface area contributed by atoms with Crippen molar-refractivity contribution in [3.8, 4) is 0 Å². The zero-order valence-electron chi connectivity index (χ0n) is 7.40. The summed E-state index contributed by atoms with van der Waals surface area (Å²) in [6, 6.07) is 2.70. The van der Waals surface area contributed by atoms with Crippen LogP contribution < -0.4 is 5.40 Å². The normalized spacial score (nSPS) is 13.5. The summed E-state index contributed by atoms with van der Waals surface area (Å²) in [5.41, 5.74) is 0. The van der Waals surface area contributed by atoms with E-state index in [1.807, 2.05) is 0 Å². The van der Waals surface area contributed by atoms with Crippen molar-refractivity contribution in [2.75, 3.05) is 0 Å². The fraction of sp³-hybridized carbons (Fsp3) is 1.00. The molecule has 0 aliphatic rings. The van der Waals surface area contributed by atoms with E-state index in [4.69, 9.17) is 5.40 Å². The quantitative estimate of drug-likeness (QED) is 0.467. The molecule has 0 heterocycles. The van der Waals surface area contributed by atoms with Crippen molar-refractivity contribution < 1.29 is 0 Å². The first-order chi connectivity index (χ1) is 4.81. The van der Waals surface area contributed by atoms with Crippen LogP contribution in [0, 0.1) is 0 Å². The minimum atomic E-state index is -0.734. The number of hydrogen-bond acceptors (Lipinski definition) is 1. The van der Waals surface area contributed by atoms with Gasteiger partial charge in [0.25, 0.3) is 0 Å². The first-order valence-electron chi connectivity index (χ1n) is 4.56. The summed E-state index contributed by atoms with van der Waals surface area (Å²) in [4.78, 5) is 0. The second kappa shape index (κ2) is 7.29. The summed E-state index contributed by atoms with van der Waals surface area (Å²) in [5.74, 6) is 0. The molecule has 0 saturated heterocycles. The molecule has 0 amide bonds. The molecule has 0 rings (SSSR count). The van der Waals surface area contributed by atoms with Crippen molar-refractivity contribution in [1.82, 2.24) is 0 Å². The van der Waals surface area contributed by atoms with E-state index in [-0.39, 0.29) is 0 Å². The Bertz CT molecular complexity index is 66.3. The molecule has 1 nitrogen and oxygen atoms in total. The monoisotopic (exact) mass is 159 g/mol. The van der Waals surface area contributed by atoms with Crippen LogP contribution in [-0.4, -0.2) is 8.96 Å². The minimum Gasteiger partial charge on any atom is -0.353 e. The fourth-order valence-electron chi connectivity index (χ4n) is 1.17. The molecule has 1 atom stereocenters. The number of hydrogen-bond donors (Lipinski definition) is 1. The molecule has 0 fully saturated rings. The second-order valence-electron chi connectivity index (χ2n) is 3.04. The van der Waals surface area contributed by atoms with Crippen LogP contribution in [0.1, 0.15) is 39.5 Å². The molecule has 1 unspecified atom stereocenters. The van der Waals surface area contributed by atoms with E-state index in [1.54, 1.807) is 0 Å². The van der Waals surface area contributed by atoms with Gasteiger partial charge in [-0.2, -0.15) is 0 Å². The maximum Gasteiger partial charge on any atom is 0.106 e. The second-order valence-corrected chi connectivity index (χ2v) is 5.72. The molecule has 0 aromatic rings. The molecule has 10 heavy (non-hydrogen) atoms. The first kappa shape index (κ1) is 10.2. The maximum absolute atomic E-state index is 5.96. The Hall–Kier alpha value is 0.177. The molecule has 0 bridgehead atoms. The summed E-state index contributed by atoms with van der Waals surface area (Å²) in [5, 5.41) is 5.96. The summed E-state index contributed by atoms with van der Waals surface area (Å²) < 4.78 is 0. The molecule has 0 aliphatic heterocycles. The Morgan fingerprint density at radius 1 is 1.00 bits per heavy atom. The zero-order valence-corrected chi connectivity index (χ0v) is 8.55. The van der Waals surface area contributed by atoms with Gasteiger partial charge < -0.3 is 5.40 Å². The summed E-state index contributed by atoms with van der Waals surface area (Å²) in [6.45, 7) is 4.47. The van der Waals surface area contributed by atoms with Crippen LogP contribution in [0.4, 0.5) is 0 Å². The Kier molecular flexibility index (Phi) is 7.41. The number of rotatable bonds is 6. The fourth-order valence-corrected chi connectivity index (χ4v) is 3.01. The first-order valence-corrected chi connectivity index (χ1v) is 6.86.